The van der Waals surface area contributed by atoms with E-state index in [1.54, 1.807) is 7.11 Å². The number of hydrogen-bond acceptors (Lipinski definition) is 4. The van der Waals surface area contributed by atoms with Gasteiger partial charge in [0.25, 0.3) is 5.91 Å². The first-order valence-electron chi connectivity index (χ1n) is 7.44. The highest BCUT2D eigenvalue weighted by molar-refractivity contribution is 5.85. The van der Waals surface area contributed by atoms with Crippen molar-refractivity contribution in [2.45, 2.75) is 63.9 Å². The highest BCUT2D eigenvalue weighted by Crippen LogP contribution is 2.53. The molecule has 6 heteroatoms. The van der Waals surface area contributed by atoms with Crippen LogP contribution in [0.4, 0.5) is 0 Å². The van der Waals surface area contributed by atoms with Crippen molar-refractivity contribution in [1.82, 2.24) is 4.90 Å². The standard InChI is InChI=1S/C15H28N2O3.ClH/c1-14(2)12(8-15(14,3)19-5)17(4)13(18)11-7-6-10(9-16)20-11;/h10-12H,6-9,16H2,1-5H3;1H/t10-,11+,12?,15?;/m1./s1. The zero-order valence-electron chi connectivity index (χ0n) is 13.7. The molecule has 2 N–H and O–H groups in total. The van der Waals surface area contributed by atoms with Gasteiger partial charge in [-0.05, 0) is 26.2 Å². The second-order valence-electron chi connectivity index (χ2n) is 6.89. The van der Waals surface area contributed by atoms with Gasteiger partial charge in [-0.2, -0.15) is 0 Å². The number of methoxy groups -OCH3 is 1. The summed E-state index contributed by atoms with van der Waals surface area (Å²) in [6, 6.07) is 0.195. The van der Waals surface area contributed by atoms with Gasteiger partial charge in [0.15, 0.2) is 0 Å². The molecule has 1 heterocycles. The molecule has 1 aliphatic carbocycles. The Balaban J connectivity index is 0.00000220. The Morgan fingerprint density at radius 1 is 1.38 bits per heavy atom. The van der Waals surface area contributed by atoms with Gasteiger partial charge in [0.05, 0.1) is 11.7 Å². The van der Waals surface area contributed by atoms with Gasteiger partial charge >= 0.3 is 0 Å². The molecule has 0 aromatic heterocycles. The molecule has 0 aromatic carbocycles. The lowest BCUT2D eigenvalue weighted by Crippen LogP contribution is -2.69. The summed E-state index contributed by atoms with van der Waals surface area (Å²) in [7, 11) is 3.62. The van der Waals surface area contributed by atoms with Crippen LogP contribution in [0.25, 0.3) is 0 Å². The van der Waals surface area contributed by atoms with Crippen LogP contribution in [0.1, 0.15) is 40.0 Å². The predicted molar refractivity (Wildman–Crippen MR) is 84.6 cm³/mol. The van der Waals surface area contributed by atoms with Crippen molar-refractivity contribution in [2.24, 2.45) is 11.1 Å². The maximum Gasteiger partial charge on any atom is 0.251 e. The summed E-state index contributed by atoms with van der Waals surface area (Å²) in [5, 5.41) is 0. The number of rotatable bonds is 4. The molecule has 1 saturated heterocycles. The summed E-state index contributed by atoms with van der Waals surface area (Å²) >= 11 is 0. The van der Waals surface area contributed by atoms with E-state index in [0.29, 0.717) is 6.54 Å². The number of ether oxygens (including phenoxy) is 2. The number of nitrogens with zero attached hydrogens (tertiary/aromatic N) is 1. The van der Waals surface area contributed by atoms with Crippen LogP contribution in [-0.4, -0.2) is 55.4 Å². The third kappa shape index (κ3) is 2.93. The van der Waals surface area contributed by atoms with E-state index in [1.807, 2.05) is 11.9 Å². The summed E-state index contributed by atoms with van der Waals surface area (Å²) in [5.41, 5.74) is 5.38. The number of halogens is 1. The Morgan fingerprint density at radius 3 is 2.43 bits per heavy atom. The molecule has 2 rings (SSSR count). The Labute approximate surface area is 133 Å². The minimum absolute atomic E-state index is 0. The van der Waals surface area contributed by atoms with E-state index < -0.39 is 0 Å². The number of carbonyl (C=O) groups excluding carboxylic acids is 1. The molecule has 0 bridgehead atoms. The molecular formula is C15H29ClN2O3. The third-order valence-electron chi connectivity index (χ3n) is 5.69. The molecule has 5 nitrogen and oxygen atoms in total. The number of carbonyl (C=O) groups is 1. The van der Waals surface area contributed by atoms with Crippen LogP contribution in [0, 0.1) is 5.41 Å². The van der Waals surface area contributed by atoms with Crippen molar-refractivity contribution in [3.63, 3.8) is 0 Å². The highest BCUT2D eigenvalue weighted by Gasteiger charge is 2.60. The monoisotopic (exact) mass is 320 g/mol. The summed E-state index contributed by atoms with van der Waals surface area (Å²) in [6.45, 7) is 6.92. The number of hydrogen-bond donors (Lipinski definition) is 1. The van der Waals surface area contributed by atoms with Crippen LogP contribution in [0.15, 0.2) is 0 Å². The molecular weight excluding hydrogens is 292 g/mol. The van der Waals surface area contributed by atoms with E-state index >= 15 is 0 Å². The Kier molecular flexibility index (Phi) is 5.70. The topological polar surface area (TPSA) is 64.8 Å². The zero-order valence-corrected chi connectivity index (χ0v) is 14.5. The molecule has 1 saturated carbocycles. The second-order valence-corrected chi connectivity index (χ2v) is 6.89. The summed E-state index contributed by atoms with van der Waals surface area (Å²) in [4.78, 5) is 14.4. The van der Waals surface area contributed by atoms with E-state index in [2.05, 4.69) is 20.8 Å². The van der Waals surface area contributed by atoms with Crippen LogP contribution in [0.5, 0.6) is 0 Å². The Morgan fingerprint density at radius 2 is 2.00 bits per heavy atom. The average molecular weight is 321 g/mol. The minimum atomic E-state index is -0.321. The minimum Gasteiger partial charge on any atom is -0.378 e. The predicted octanol–water partition coefficient (Wildman–Crippen LogP) is 1.58. The summed E-state index contributed by atoms with van der Waals surface area (Å²) in [5.74, 6) is 0.0807. The van der Waals surface area contributed by atoms with E-state index in [1.165, 1.54) is 0 Å². The first-order chi connectivity index (χ1) is 9.26. The maximum atomic E-state index is 12.5. The molecule has 124 valence electrons. The van der Waals surface area contributed by atoms with Gasteiger partial charge in [-0.3, -0.25) is 4.79 Å². The third-order valence-corrected chi connectivity index (χ3v) is 5.69. The molecule has 2 aliphatic rings. The van der Waals surface area contributed by atoms with Gasteiger partial charge in [-0.25, -0.2) is 0 Å². The largest absolute Gasteiger partial charge is 0.378 e. The quantitative estimate of drug-likeness (QED) is 0.854. The fraction of sp³-hybridized carbons (Fsp3) is 0.933. The molecule has 21 heavy (non-hydrogen) atoms. The second kappa shape index (κ2) is 6.41. The zero-order chi connectivity index (χ0) is 15.1. The van der Waals surface area contributed by atoms with Crippen LogP contribution in [0.3, 0.4) is 0 Å². The van der Waals surface area contributed by atoms with Crippen LogP contribution >= 0.6 is 12.4 Å². The maximum absolute atomic E-state index is 12.5. The summed E-state index contributed by atoms with van der Waals surface area (Å²) in [6.07, 6.45) is 2.24. The normalized spacial score (nSPS) is 37.5. The fourth-order valence-electron chi connectivity index (χ4n) is 3.52. The van der Waals surface area contributed by atoms with E-state index in [4.69, 9.17) is 15.2 Å². The van der Waals surface area contributed by atoms with Gasteiger partial charge < -0.3 is 20.1 Å². The highest BCUT2D eigenvalue weighted by atomic mass is 35.5. The van der Waals surface area contributed by atoms with Crippen LogP contribution in [0.2, 0.25) is 0 Å². The Bertz CT molecular complexity index is 391. The van der Waals surface area contributed by atoms with Gasteiger partial charge in [-0.15, -0.1) is 12.4 Å². The smallest absolute Gasteiger partial charge is 0.251 e. The lowest BCUT2D eigenvalue weighted by atomic mass is 9.55. The fourth-order valence-corrected chi connectivity index (χ4v) is 3.52. The van der Waals surface area contributed by atoms with Gasteiger partial charge in [0, 0.05) is 32.2 Å². The SMILES string of the molecule is COC1(C)CC(N(C)C(=O)[C@@H]2CC[C@H](CN)O2)C1(C)C.Cl. The van der Waals surface area contributed by atoms with Crippen molar-refractivity contribution in [1.29, 1.82) is 0 Å². The number of nitrogens with two attached hydrogens (primary N) is 1. The van der Waals surface area contributed by atoms with Crippen molar-refractivity contribution >= 4 is 18.3 Å². The van der Waals surface area contributed by atoms with E-state index in [9.17, 15) is 4.79 Å². The van der Waals surface area contributed by atoms with Gasteiger partial charge in [-0.1, -0.05) is 13.8 Å². The van der Waals surface area contributed by atoms with Gasteiger partial charge in [0.2, 0.25) is 0 Å². The van der Waals surface area contributed by atoms with Gasteiger partial charge in [0.1, 0.15) is 6.10 Å². The lowest BCUT2D eigenvalue weighted by Gasteiger charge is -2.61. The molecule has 2 fully saturated rings. The summed E-state index contributed by atoms with van der Waals surface area (Å²) < 4.78 is 11.3. The van der Waals surface area contributed by atoms with E-state index in [0.717, 1.165) is 19.3 Å². The van der Waals surface area contributed by atoms with Crippen molar-refractivity contribution in [3.8, 4) is 0 Å². The van der Waals surface area contributed by atoms with Crippen LogP contribution < -0.4 is 5.73 Å². The molecule has 1 amide bonds. The van der Waals surface area contributed by atoms with Crippen LogP contribution in [-0.2, 0) is 14.3 Å². The number of likely N-dealkylation sites (N-methyl/N-ethyl adjacent to an activating group) is 1. The first kappa shape index (κ1) is 18.7. The van der Waals surface area contributed by atoms with E-state index in [-0.39, 0.29) is 47.6 Å². The molecule has 4 atom stereocenters. The van der Waals surface area contributed by atoms with Crippen molar-refractivity contribution < 1.29 is 14.3 Å². The van der Waals surface area contributed by atoms with Crippen molar-refractivity contribution in [2.75, 3.05) is 20.7 Å². The Hall–Kier alpha value is -0.360. The molecule has 0 spiro atoms. The van der Waals surface area contributed by atoms with Crippen molar-refractivity contribution in [3.05, 3.63) is 0 Å². The lowest BCUT2D eigenvalue weighted by molar-refractivity contribution is -0.210. The molecule has 2 unspecified atom stereocenters. The molecule has 0 aromatic rings. The number of amides is 1. The molecule has 1 aliphatic heterocycles. The molecule has 0 radical (unpaired) electrons. The average Bonchev–Trinajstić information content (AvgIpc) is 2.91. The first-order valence-corrected chi connectivity index (χ1v) is 7.44.